The number of amides is 1. The Bertz CT molecular complexity index is 970. The molecular formula is C24H32N2O3S2. The molecule has 1 saturated heterocycles. The average molecular weight is 461 g/mol. The van der Waals surface area contributed by atoms with Gasteiger partial charge in [0.25, 0.3) is 5.91 Å². The Hall–Kier alpha value is -1.83. The van der Waals surface area contributed by atoms with Gasteiger partial charge in [-0.1, -0.05) is 43.2 Å². The van der Waals surface area contributed by atoms with Gasteiger partial charge in [-0.05, 0) is 62.6 Å². The van der Waals surface area contributed by atoms with Gasteiger partial charge in [-0.25, -0.2) is 13.1 Å². The molecule has 1 N–H and O–H groups in total. The molecule has 0 radical (unpaired) electrons. The van der Waals surface area contributed by atoms with E-state index in [1.807, 2.05) is 48.4 Å². The molecule has 5 nitrogen and oxygen atoms in total. The summed E-state index contributed by atoms with van der Waals surface area (Å²) in [5, 5.41) is 0. The predicted octanol–water partition coefficient (Wildman–Crippen LogP) is 4.72. The van der Waals surface area contributed by atoms with Crippen LogP contribution in [0.25, 0.3) is 0 Å². The third kappa shape index (κ3) is 6.57. The molecule has 1 aliphatic rings. The first-order valence-corrected chi connectivity index (χ1v) is 13.6. The Kier molecular flexibility index (Phi) is 8.58. The van der Waals surface area contributed by atoms with Gasteiger partial charge in [0.15, 0.2) is 0 Å². The van der Waals surface area contributed by atoms with Crippen LogP contribution in [0.4, 0.5) is 0 Å². The van der Waals surface area contributed by atoms with Crippen LogP contribution in [-0.4, -0.2) is 44.6 Å². The van der Waals surface area contributed by atoms with Gasteiger partial charge in [0.2, 0.25) is 10.0 Å². The van der Waals surface area contributed by atoms with Gasteiger partial charge in [0, 0.05) is 24.0 Å². The molecule has 0 unspecified atom stereocenters. The molecule has 31 heavy (non-hydrogen) atoms. The summed E-state index contributed by atoms with van der Waals surface area (Å²) in [5.41, 5.74) is 1.66. The first-order valence-electron chi connectivity index (χ1n) is 10.9. The normalized spacial score (nSPS) is 16.0. The molecule has 0 aromatic heterocycles. The molecule has 1 fully saturated rings. The molecule has 1 heterocycles. The summed E-state index contributed by atoms with van der Waals surface area (Å²) < 4.78 is 28.8. The smallest absolute Gasteiger partial charge is 0.255 e. The number of nitrogens with one attached hydrogen (secondary N) is 1. The zero-order valence-electron chi connectivity index (χ0n) is 18.3. The molecule has 1 aliphatic heterocycles. The van der Waals surface area contributed by atoms with E-state index in [2.05, 4.69) is 4.72 Å². The molecule has 7 heteroatoms. The van der Waals surface area contributed by atoms with E-state index in [1.165, 1.54) is 17.3 Å². The molecule has 0 bridgehead atoms. The molecule has 1 atom stereocenters. The highest BCUT2D eigenvalue weighted by Gasteiger charge is 2.24. The van der Waals surface area contributed by atoms with Crippen LogP contribution in [0, 0.1) is 0 Å². The van der Waals surface area contributed by atoms with Crippen molar-refractivity contribution in [2.45, 2.75) is 61.3 Å². The van der Waals surface area contributed by atoms with E-state index in [0.29, 0.717) is 12.0 Å². The van der Waals surface area contributed by atoms with E-state index in [4.69, 9.17) is 0 Å². The highest BCUT2D eigenvalue weighted by atomic mass is 32.2. The van der Waals surface area contributed by atoms with Crippen molar-refractivity contribution in [3.63, 3.8) is 0 Å². The molecule has 0 aliphatic carbocycles. The number of hydrogen-bond donors (Lipinski definition) is 1. The van der Waals surface area contributed by atoms with E-state index in [9.17, 15) is 13.2 Å². The van der Waals surface area contributed by atoms with E-state index < -0.39 is 10.0 Å². The Morgan fingerprint density at radius 1 is 1.06 bits per heavy atom. The van der Waals surface area contributed by atoms with Gasteiger partial charge >= 0.3 is 0 Å². The Morgan fingerprint density at radius 3 is 2.39 bits per heavy atom. The number of aryl methyl sites for hydroxylation is 1. The lowest BCUT2D eigenvalue weighted by Gasteiger charge is -2.22. The molecule has 3 rings (SSSR count). The zero-order valence-corrected chi connectivity index (χ0v) is 20.0. The van der Waals surface area contributed by atoms with Gasteiger partial charge in [0.05, 0.1) is 10.5 Å². The number of thioether (sulfide) groups is 1. The third-order valence-electron chi connectivity index (χ3n) is 5.67. The summed E-state index contributed by atoms with van der Waals surface area (Å²) >= 11 is 1.47. The standard InChI is InChI=1S/C24H32N2O3S2/c1-19(12-13-20-10-6-5-7-11-20)25-31(28,29)21-14-15-23(30-2)22(18-21)24(27)26-16-8-3-4-9-17-26/h5-7,10-11,14-15,18-19,25H,3-4,8-9,12-13,16-17H2,1-2H3/t19-/m1/s1. The van der Waals surface area contributed by atoms with Crippen LogP contribution in [-0.2, 0) is 16.4 Å². The number of sulfonamides is 1. The van der Waals surface area contributed by atoms with Gasteiger partial charge in [0.1, 0.15) is 0 Å². The zero-order chi connectivity index (χ0) is 22.3. The maximum absolute atomic E-state index is 13.2. The van der Waals surface area contributed by atoms with Gasteiger partial charge < -0.3 is 4.90 Å². The maximum Gasteiger partial charge on any atom is 0.255 e. The van der Waals surface area contributed by atoms with Crippen LogP contribution < -0.4 is 4.72 Å². The number of nitrogens with zero attached hydrogens (tertiary/aromatic N) is 1. The van der Waals surface area contributed by atoms with Crippen molar-refractivity contribution in [2.75, 3.05) is 19.3 Å². The monoisotopic (exact) mass is 460 g/mol. The van der Waals surface area contributed by atoms with Crippen LogP contribution in [0.1, 0.15) is 54.9 Å². The SMILES string of the molecule is CSc1ccc(S(=O)(=O)N[C@H](C)CCc2ccccc2)cc1C(=O)N1CCCCCC1. The summed E-state index contributed by atoms with van der Waals surface area (Å²) in [6.45, 7) is 3.34. The number of hydrogen-bond acceptors (Lipinski definition) is 4. The fourth-order valence-corrected chi connectivity index (χ4v) is 5.76. The second kappa shape index (κ2) is 11.2. The van der Waals surface area contributed by atoms with Gasteiger partial charge in [-0.3, -0.25) is 4.79 Å². The molecule has 2 aromatic rings. The first kappa shape index (κ1) is 23.8. The fraction of sp³-hybridized carbons (Fsp3) is 0.458. The molecule has 168 valence electrons. The predicted molar refractivity (Wildman–Crippen MR) is 127 cm³/mol. The largest absolute Gasteiger partial charge is 0.339 e. The lowest BCUT2D eigenvalue weighted by Crippen LogP contribution is -2.34. The topological polar surface area (TPSA) is 66.5 Å². The lowest BCUT2D eigenvalue weighted by atomic mass is 10.1. The van der Waals surface area contributed by atoms with Crippen LogP contribution in [0.2, 0.25) is 0 Å². The quantitative estimate of drug-likeness (QED) is 0.579. The first-order chi connectivity index (χ1) is 14.9. The van der Waals surface area contributed by atoms with E-state index in [1.54, 1.807) is 18.2 Å². The van der Waals surface area contributed by atoms with Crippen molar-refractivity contribution in [1.82, 2.24) is 9.62 Å². The summed E-state index contributed by atoms with van der Waals surface area (Å²) in [6.07, 6.45) is 7.68. The van der Waals surface area contributed by atoms with Gasteiger partial charge in [-0.2, -0.15) is 0 Å². The van der Waals surface area contributed by atoms with Gasteiger partial charge in [-0.15, -0.1) is 11.8 Å². The van der Waals surface area contributed by atoms with E-state index in [0.717, 1.165) is 50.1 Å². The Labute approximate surface area is 190 Å². The number of benzene rings is 2. The van der Waals surface area contributed by atoms with Crippen molar-refractivity contribution in [1.29, 1.82) is 0 Å². The summed E-state index contributed by atoms with van der Waals surface area (Å²) in [7, 11) is -3.71. The van der Waals surface area contributed by atoms with Crippen molar-refractivity contribution in [3.05, 3.63) is 59.7 Å². The summed E-state index contributed by atoms with van der Waals surface area (Å²) in [5.74, 6) is -0.0690. The van der Waals surface area contributed by atoms with Crippen molar-refractivity contribution in [3.8, 4) is 0 Å². The molecule has 1 amide bonds. The minimum atomic E-state index is -3.71. The minimum absolute atomic E-state index is 0.0690. The Morgan fingerprint density at radius 2 is 1.74 bits per heavy atom. The highest BCUT2D eigenvalue weighted by Crippen LogP contribution is 2.26. The van der Waals surface area contributed by atoms with Crippen LogP contribution in [0.3, 0.4) is 0 Å². The van der Waals surface area contributed by atoms with E-state index in [-0.39, 0.29) is 16.8 Å². The average Bonchev–Trinajstić information content (AvgIpc) is 3.07. The molecule has 0 saturated carbocycles. The molecular weight excluding hydrogens is 428 g/mol. The number of carbonyl (C=O) groups is 1. The second-order valence-corrected chi connectivity index (χ2v) is 10.7. The van der Waals surface area contributed by atoms with Crippen LogP contribution >= 0.6 is 11.8 Å². The number of carbonyl (C=O) groups excluding carboxylic acids is 1. The minimum Gasteiger partial charge on any atom is -0.339 e. The third-order valence-corrected chi connectivity index (χ3v) is 8.05. The van der Waals surface area contributed by atoms with Crippen LogP contribution in [0.5, 0.6) is 0 Å². The van der Waals surface area contributed by atoms with Crippen molar-refractivity contribution in [2.24, 2.45) is 0 Å². The highest BCUT2D eigenvalue weighted by molar-refractivity contribution is 7.98. The molecule has 0 spiro atoms. The Balaban J connectivity index is 1.74. The molecule has 2 aromatic carbocycles. The van der Waals surface area contributed by atoms with E-state index >= 15 is 0 Å². The summed E-state index contributed by atoms with van der Waals surface area (Å²) in [6, 6.07) is 14.7. The van der Waals surface area contributed by atoms with Crippen molar-refractivity contribution >= 4 is 27.7 Å². The maximum atomic E-state index is 13.2. The summed E-state index contributed by atoms with van der Waals surface area (Å²) in [4.78, 5) is 16.0. The second-order valence-electron chi connectivity index (χ2n) is 8.12. The fourth-order valence-electron chi connectivity index (χ4n) is 3.89. The number of rotatable bonds is 8. The number of likely N-dealkylation sites (tertiary alicyclic amines) is 1. The van der Waals surface area contributed by atoms with Crippen molar-refractivity contribution < 1.29 is 13.2 Å². The van der Waals surface area contributed by atoms with Crippen LogP contribution in [0.15, 0.2) is 58.3 Å². The lowest BCUT2D eigenvalue weighted by molar-refractivity contribution is 0.0758.